The van der Waals surface area contributed by atoms with Crippen molar-refractivity contribution in [2.24, 2.45) is 0 Å². The van der Waals surface area contributed by atoms with Crippen molar-refractivity contribution >= 4 is 34.5 Å². The molecule has 0 spiro atoms. The molecule has 1 heterocycles. The first-order valence-electron chi connectivity index (χ1n) is 5.19. The molecule has 2 aromatic rings. The van der Waals surface area contributed by atoms with E-state index in [-0.39, 0.29) is 5.91 Å². The Morgan fingerprint density at radius 1 is 1.24 bits per heavy atom. The van der Waals surface area contributed by atoms with Crippen molar-refractivity contribution in [3.63, 3.8) is 0 Å². The number of amides is 1. The molecule has 0 atom stereocenters. The fourth-order valence-electron chi connectivity index (χ4n) is 1.47. The first-order valence-corrected chi connectivity index (χ1v) is 6.45. The lowest BCUT2D eigenvalue weighted by Gasteiger charge is -2.04. The van der Waals surface area contributed by atoms with Crippen molar-refractivity contribution in [1.82, 2.24) is 0 Å². The van der Waals surface area contributed by atoms with Crippen molar-refractivity contribution in [3.8, 4) is 0 Å². The number of rotatable bonds is 2. The Labute approximate surface area is 109 Å². The Morgan fingerprint density at radius 2 is 1.88 bits per heavy atom. The van der Waals surface area contributed by atoms with Crippen LogP contribution in [0.3, 0.4) is 0 Å². The van der Waals surface area contributed by atoms with Gasteiger partial charge in [-0.2, -0.15) is 0 Å². The van der Waals surface area contributed by atoms with Crippen molar-refractivity contribution < 1.29 is 4.79 Å². The molecule has 0 bridgehead atoms. The average Bonchev–Trinajstić information content (AvgIpc) is 2.63. The first-order chi connectivity index (χ1) is 8.08. The zero-order valence-corrected chi connectivity index (χ0v) is 11.2. The summed E-state index contributed by atoms with van der Waals surface area (Å²) < 4.78 is 0. The maximum Gasteiger partial charge on any atom is 0.256 e. The highest BCUT2D eigenvalue weighted by molar-refractivity contribution is 7.10. The van der Waals surface area contributed by atoms with E-state index in [4.69, 9.17) is 11.6 Å². The number of halogens is 1. The molecule has 1 aromatic heterocycles. The van der Waals surface area contributed by atoms with Gasteiger partial charge in [-0.15, -0.1) is 11.3 Å². The standard InChI is InChI=1S/C13H12ClNOS/c1-8-9(2)17-7-12(8)13(16)15-11-5-3-10(14)4-6-11/h3-7H,1-2H3,(H,15,16). The highest BCUT2D eigenvalue weighted by atomic mass is 35.5. The smallest absolute Gasteiger partial charge is 0.256 e. The predicted octanol–water partition coefficient (Wildman–Crippen LogP) is 4.27. The lowest BCUT2D eigenvalue weighted by Crippen LogP contribution is -2.12. The van der Waals surface area contributed by atoms with Crippen molar-refractivity contribution in [3.05, 3.63) is 50.7 Å². The minimum Gasteiger partial charge on any atom is -0.322 e. The number of hydrogen-bond donors (Lipinski definition) is 1. The van der Waals surface area contributed by atoms with Crippen LogP contribution in [0.15, 0.2) is 29.6 Å². The molecule has 0 saturated carbocycles. The van der Waals surface area contributed by atoms with Gasteiger partial charge in [0.2, 0.25) is 0 Å². The summed E-state index contributed by atoms with van der Waals surface area (Å²) in [5.41, 5.74) is 2.53. The van der Waals surface area contributed by atoms with Gasteiger partial charge in [-0.25, -0.2) is 0 Å². The molecule has 0 aliphatic carbocycles. The van der Waals surface area contributed by atoms with Gasteiger partial charge >= 0.3 is 0 Å². The fourth-order valence-corrected chi connectivity index (χ4v) is 2.46. The highest BCUT2D eigenvalue weighted by Gasteiger charge is 2.12. The lowest BCUT2D eigenvalue weighted by molar-refractivity contribution is 0.102. The largest absolute Gasteiger partial charge is 0.322 e. The van der Waals surface area contributed by atoms with Crippen LogP contribution in [0.2, 0.25) is 5.02 Å². The van der Waals surface area contributed by atoms with Crippen LogP contribution in [0.25, 0.3) is 0 Å². The summed E-state index contributed by atoms with van der Waals surface area (Å²) in [4.78, 5) is 13.2. The Hall–Kier alpha value is -1.32. The van der Waals surface area contributed by atoms with E-state index >= 15 is 0 Å². The quantitative estimate of drug-likeness (QED) is 0.863. The molecule has 0 aliphatic rings. The van der Waals surface area contributed by atoms with E-state index in [9.17, 15) is 4.79 Å². The number of benzene rings is 1. The van der Waals surface area contributed by atoms with Crippen LogP contribution < -0.4 is 5.32 Å². The summed E-state index contributed by atoms with van der Waals surface area (Å²) in [6.07, 6.45) is 0. The number of hydrogen-bond acceptors (Lipinski definition) is 2. The minimum atomic E-state index is -0.0748. The van der Waals surface area contributed by atoms with E-state index in [0.717, 1.165) is 16.8 Å². The monoisotopic (exact) mass is 265 g/mol. The van der Waals surface area contributed by atoms with Gasteiger partial charge in [-0.1, -0.05) is 11.6 Å². The van der Waals surface area contributed by atoms with Gasteiger partial charge in [-0.3, -0.25) is 4.79 Å². The van der Waals surface area contributed by atoms with Gasteiger partial charge in [0.05, 0.1) is 5.56 Å². The molecule has 2 rings (SSSR count). The summed E-state index contributed by atoms with van der Waals surface area (Å²) in [6.45, 7) is 3.97. The third kappa shape index (κ3) is 2.68. The normalized spacial score (nSPS) is 10.3. The Bertz CT molecular complexity index is 545. The minimum absolute atomic E-state index is 0.0748. The van der Waals surface area contributed by atoms with E-state index in [2.05, 4.69) is 5.32 Å². The summed E-state index contributed by atoms with van der Waals surface area (Å²) in [7, 11) is 0. The van der Waals surface area contributed by atoms with Crippen LogP contribution >= 0.6 is 22.9 Å². The van der Waals surface area contributed by atoms with Gasteiger partial charge in [0.15, 0.2) is 0 Å². The second kappa shape index (κ2) is 4.90. The predicted molar refractivity (Wildman–Crippen MR) is 73.2 cm³/mol. The summed E-state index contributed by atoms with van der Waals surface area (Å²) in [5, 5.41) is 5.39. The molecular formula is C13H12ClNOS. The number of thiophene rings is 1. The highest BCUT2D eigenvalue weighted by Crippen LogP contribution is 2.22. The molecule has 4 heteroatoms. The maximum absolute atomic E-state index is 12.0. The van der Waals surface area contributed by atoms with Gasteiger partial charge in [-0.05, 0) is 43.7 Å². The molecule has 1 amide bonds. The van der Waals surface area contributed by atoms with E-state index in [0.29, 0.717) is 5.02 Å². The van der Waals surface area contributed by atoms with Crippen LogP contribution in [0.5, 0.6) is 0 Å². The number of aryl methyl sites for hydroxylation is 1. The van der Waals surface area contributed by atoms with Crippen molar-refractivity contribution in [2.75, 3.05) is 5.32 Å². The van der Waals surface area contributed by atoms with Gasteiger partial charge in [0, 0.05) is 21.0 Å². The zero-order valence-electron chi connectivity index (χ0n) is 9.58. The second-order valence-corrected chi connectivity index (χ2v) is 5.31. The molecule has 1 aromatic carbocycles. The Morgan fingerprint density at radius 3 is 2.41 bits per heavy atom. The average molecular weight is 266 g/mol. The molecule has 2 nitrogen and oxygen atoms in total. The molecule has 1 N–H and O–H groups in total. The second-order valence-electron chi connectivity index (χ2n) is 3.79. The number of carbonyl (C=O) groups is 1. The zero-order chi connectivity index (χ0) is 12.4. The van der Waals surface area contributed by atoms with Crippen LogP contribution in [-0.4, -0.2) is 5.91 Å². The topological polar surface area (TPSA) is 29.1 Å². The molecule has 0 fully saturated rings. The molecule has 0 unspecified atom stereocenters. The Balaban J connectivity index is 2.17. The van der Waals surface area contributed by atoms with Crippen LogP contribution in [0.4, 0.5) is 5.69 Å². The van der Waals surface area contributed by atoms with Gasteiger partial charge in [0.1, 0.15) is 0 Å². The van der Waals surface area contributed by atoms with E-state index in [1.807, 2.05) is 19.2 Å². The van der Waals surface area contributed by atoms with Crippen molar-refractivity contribution in [1.29, 1.82) is 0 Å². The SMILES string of the molecule is Cc1scc(C(=O)Nc2ccc(Cl)cc2)c1C. The van der Waals surface area contributed by atoms with E-state index in [1.54, 1.807) is 35.6 Å². The van der Waals surface area contributed by atoms with Crippen LogP contribution in [-0.2, 0) is 0 Å². The third-order valence-electron chi connectivity index (χ3n) is 2.63. The first kappa shape index (κ1) is 12.1. The third-order valence-corrected chi connectivity index (χ3v) is 3.90. The fraction of sp³-hybridized carbons (Fsp3) is 0.154. The summed E-state index contributed by atoms with van der Waals surface area (Å²) in [6, 6.07) is 7.08. The molecule has 0 radical (unpaired) electrons. The van der Waals surface area contributed by atoms with Gasteiger partial charge in [0.25, 0.3) is 5.91 Å². The summed E-state index contributed by atoms with van der Waals surface area (Å²) >= 11 is 7.37. The molecule has 0 saturated heterocycles. The Kier molecular flexibility index (Phi) is 3.50. The van der Waals surface area contributed by atoms with Gasteiger partial charge < -0.3 is 5.32 Å². The number of carbonyl (C=O) groups excluding carboxylic acids is 1. The maximum atomic E-state index is 12.0. The van der Waals surface area contributed by atoms with E-state index in [1.165, 1.54) is 4.88 Å². The lowest BCUT2D eigenvalue weighted by atomic mass is 10.1. The van der Waals surface area contributed by atoms with Crippen LogP contribution in [0.1, 0.15) is 20.8 Å². The molecule has 0 aliphatic heterocycles. The molecule has 88 valence electrons. The molecule has 17 heavy (non-hydrogen) atoms. The van der Waals surface area contributed by atoms with Crippen molar-refractivity contribution in [2.45, 2.75) is 13.8 Å². The van der Waals surface area contributed by atoms with E-state index < -0.39 is 0 Å². The molecular weight excluding hydrogens is 254 g/mol. The van der Waals surface area contributed by atoms with Crippen LogP contribution in [0, 0.1) is 13.8 Å². The summed E-state index contributed by atoms with van der Waals surface area (Å²) in [5.74, 6) is -0.0748. The number of nitrogens with one attached hydrogen (secondary N) is 1. The number of anilines is 1.